The van der Waals surface area contributed by atoms with E-state index in [0.717, 1.165) is 0 Å². The van der Waals surface area contributed by atoms with Crippen LogP contribution in [0.5, 0.6) is 0 Å². The molecule has 1 aliphatic rings. The van der Waals surface area contributed by atoms with Crippen LogP contribution in [0.4, 0.5) is 0 Å². The van der Waals surface area contributed by atoms with E-state index in [-0.39, 0.29) is 24.4 Å². The molecule has 0 aromatic heterocycles. The van der Waals surface area contributed by atoms with Crippen molar-refractivity contribution in [3.63, 3.8) is 0 Å². The van der Waals surface area contributed by atoms with Gasteiger partial charge in [-0.1, -0.05) is 19.3 Å². The van der Waals surface area contributed by atoms with Crippen molar-refractivity contribution in [2.45, 2.75) is 44.6 Å². The van der Waals surface area contributed by atoms with Gasteiger partial charge >= 0.3 is 5.97 Å². The summed E-state index contributed by atoms with van der Waals surface area (Å²) in [6, 6.07) is 0.00718. The number of hydrogen-bond acceptors (Lipinski definition) is 3. The van der Waals surface area contributed by atoms with E-state index in [1.165, 1.54) is 39.2 Å². The monoisotopic (exact) mass is 221 g/mol. The number of rotatable bonds is 3. The van der Waals surface area contributed by atoms with Crippen LogP contribution < -0.4 is 5.73 Å². The minimum atomic E-state index is -0.182. The minimum Gasteiger partial charge on any atom is -0.469 e. The van der Waals surface area contributed by atoms with Gasteiger partial charge in [0.25, 0.3) is 0 Å². The molecule has 0 spiro atoms. The van der Waals surface area contributed by atoms with Crippen LogP contribution in [-0.2, 0) is 9.53 Å². The molecule has 0 unspecified atom stereocenters. The highest BCUT2D eigenvalue weighted by Gasteiger charge is 2.22. The molecule has 3 nitrogen and oxygen atoms in total. The molecule has 0 bridgehead atoms. The van der Waals surface area contributed by atoms with Crippen molar-refractivity contribution in [1.29, 1.82) is 0 Å². The lowest BCUT2D eigenvalue weighted by Gasteiger charge is -2.26. The standard InChI is InChI=1S/C10H19NO2.ClH/c1-13-10(12)7-9(11)8-5-3-2-4-6-8;/h8-9H,2-7,11H2,1H3;1H/t9-;/m1./s1. The molecule has 1 saturated carbocycles. The number of hydrogen-bond donors (Lipinski definition) is 1. The van der Waals surface area contributed by atoms with E-state index in [1.807, 2.05) is 0 Å². The predicted molar refractivity (Wildman–Crippen MR) is 58.4 cm³/mol. The summed E-state index contributed by atoms with van der Waals surface area (Å²) in [4.78, 5) is 11.0. The maximum Gasteiger partial charge on any atom is 0.307 e. The Labute approximate surface area is 91.8 Å². The van der Waals surface area contributed by atoms with E-state index < -0.39 is 0 Å². The molecule has 0 saturated heterocycles. The third-order valence-electron chi connectivity index (χ3n) is 2.89. The largest absolute Gasteiger partial charge is 0.469 e. The molecular formula is C10H20ClNO2. The zero-order chi connectivity index (χ0) is 9.68. The Hall–Kier alpha value is -0.280. The van der Waals surface area contributed by atoms with Crippen LogP contribution in [0.2, 0.25) is 0 Å². The van der Waals surface area contributed by atoms with Crippen LogP contribution in [0, 0.1) is 5.92 Å². The van der Waals surface area contributed by atoms with Gasteiger partial charge in [0.2, 0.25) is 0 Å². The average Bonchev–Trinajstić information content (AvgIpc) is 2.19. The van der Waals surface area contributed by atoms with Gasteiger partial charge in [0.1, 0.15) is 0 Å². The minimum absolute atomic E-state index is 0. The molecule has 1 atom stereocenters. The Bertz CT molecular complexity index is 170. The first-order valence-electron chi connectivity index (χ1n) is 5.06. The molecule has 0 aromatic carbocycles. The molecule has 0 radical (unpaired) electrons. The Morgan fingerprint density at radius 2 is 2.00 bits per heavy atom. The summed E-state index contributed by atoms with van der Waals surface area (Å²) in [5, 5.41) is 0. The number of nitrogens with two attached hydrogens (primary N) is 1. The zero-order valence-electron chi connectivity index (χ0n) is 8.70. The van der Waals surface area contributed by atoms with Gasteiger partial charge in [-0.3, -0.25) is 4.79 Å². The number of ether oxygens (including phenoxy) is 1. The van der Waals surface area contributed by atoms with Crippen LogP contribution >= 0.6 is 12.4 Å². The van der Waals surface area contributed by atoms with Gasteiger partial charge in [0.05, 0.1) is 13.5 Å². The topological polar surface area (TPSA) is 52.3 Å². The Morgan fingerprint density at radius 1 is 1.43 bits per heavy atom. The molecule has 1 rings (SSSR count). The van der Waals surface area contributed by atoms with Crippen molar-refractivity contribution in [2.24, 2.45) is 11.7 Å². The molecule has 1 aliphatic carbocycles. The van der Waals surface area contributed by atoms with Crippen LogP contribution in [0.3, 0.4) is 0 Å². The summed E-state index contributed by atoms with van der Waals surface area (Å²) in [6.45, 7) is 0. The Balaban J connectivity index is 0.00000169. The van der Waals surface area contributed by atoms with E-state index >= 15 is 0 Å². The summed E-state index contributed by atoms with van der Waals surface area (Å²) in [6.07, 6.45) is 6.58. The zero-order valence-corrected chi connectivity index (χ0v) is 9.52. The first-order valence-corrected chi connectivity index (χ1v) is 5.06. The highest BCUT2D eigenvalue weighted by atomic mass is 35.5. The van der Waals surface area contributed by atoms with Crippen molar-refractivity contribution >= 4 is 18.4 Å². The number of carbonyl (C=O) groups is 1. The van der Waals surface area contributed by atoms with Gasteiger partial charge in [-0.15, -0.1) is 12.4 Å². The third kappa shape index (κ3) is 4.29. The van der Waals surface area contributed by atoms with Crippen molar-refractivity contribution < 1.29 is 9.53 Å². The number of carbonyl (C=O) groups excluding carboxylic acids is 1. The summed E-state index contributed by atoms with van der Waals surface area (Å²) < 4.78 is 4.59. The van der Waals surface area contributed by atoms with Crippen molar-refractivity contribution in [2.75, 3.05) is 7.11 Å². The average molecular weight is 222 g/mol. The number of halogens is 1. The summed E-state index contributed by atoms with van der Waals surface area (Å²) in [7, 11) is 1.41. The summed E-state index contributed by atoms with van der Waals surface area (Å²) >= 11 is 0. The molecule has 0 aliphatic heterocycles. The second kappa shape index (κ2) is 7.07. The van der Waals surface area contributed by atoms with Gasteiger partial charge < -0.3 is 10.5 Å². The van der Waals surface area contributed by atoms with Crippen LogP contribution in [0.1, 0.15) is 38.5 Å². The fourth-order valence-corrected chi connectivity index (χ4v) is 2.00. The van der Waals surface area contributed by atoms with Crippen LogP contribution in [0.25, 0.3) is 0 Å². The van der Waals surface area contributed by atoms with E-state index in [2.05, 4.69) is 4.74 Å². The molecular weight excluding hydrogens is 202 g/mol. The summed E-state index contributed by atoms with van der Waals surface area (Å²) in [5.41, 5.74) is 5.92. The third-order valence-corrected chi connectivity index (χ3v) is 2.89. The van der Waals surface area contributed by atoms with Gasteiger partial charge in [-0.2, -0.15) is 0 Å². The van der Waals surface area contributed by atoms with E-state index in [9.17, 15) is 4.79 Å². The van der Waals surface area contributed by atoms with Gasteiger partial charge in [0, 0.05) is 6.04 Å². The van der Waals surface area contributed by atoms with Crippen molar-refractivity contribution in [3.05, 3.63) is 0 Å². The highest BCUT2D eigenvalue weighted by molar-refractivity contribution is 5.85. The molecule has 1 fully saturated rings. The Morgan fingerprint density at radius 3 is 2.50 bits per heavy atom. The molecule has 0 aromatic rings. The molecule has 2 N–H and O–H groups in total. The van der Waals surface area contributed by atoms with Crippen molar-refractivity contribution in [3.8, 4) is 0 Å². The second-order valence-electron chi connectivity index (χ2n) is 3.84. The molecule has 0 heterocycles. The van der Waals surface area contributed by atoms with Gasteiger partial charge in [-0.25, -0.2) is 0 Å². The molecule has 4 heteroatoms. The fraction of sp³-hybridized carbons (Fsp3) is 0.900. The van der Waals surface area contributed by atoms with Gasteiger partial charge in [-0.05, 0) is 18.8 Å². The number of methoxy groups -OCH3 is 1. The highest BCUT2D eigenvalue weighted by Crippen LogP contribution is 2.26. The van der Waals surface area contributed by atoms with E-state index in [0.29, 0.717) is 12.3 Å². The quantitative estimate of drug-likeness (QED) is 0.741. The smallest absolute Gasteiger partial charge is 0.307 e. The molecule has 84 valence electrons. The molecule has 14 heavy (non-hydrogen) atoms. The predicted octanol–water partition coefficient (Wildman–Crippen LogP) is 1.88. The Kier molecular flexibility index (Phi) is 6.93. The fourth-order valence-electron chi connectivity index (χ4n) is 2.00. The first kappa shape index (κ1) is 13.7. The van der Waals surface area contributed by atoms with Crippen molar-refractivity contribution in [1.82, 2.24) is 0 Å². The number of esters is 1. The SMILES string of the molecule is COC(=O)C[C@@H](N)C1CCCCC1.Cl. The van der Waals surface area contributed by atoms with E-state index in [1.54, 1.807) is 0 Å². The van der Waals surface area contributed by atoms with Crippen LogP contribution in [-0.4, -0.2) is 19.1 Å². The normalized spacial score (nSPS) is 19.6. The second-order valence-corrected chi connectivity index (χ2v) is 3.84. The molecule has 0 amide bonds. The first-order chi connectivity index (χ1) is 6.24. The lowest BCUT2D eigenvalue weighted by atomic mass is 9.83. The maximum atomic E-state index is 11.0. The lowest BCUT2D eigenvalue weighted by molar-refractivity contribution is -0.141. The summed E-state index contributed by atoms with van der Waals surface area (Å²) in [5.74, 6) is 0.353. The van der Waals surface area contributed by atoms with E-state index in [4.69, 9.17) is 5.73 Å². The van der Waals surface area contributed by atoms with Crippen LogP contribution in [0.15, 0.2) is 0 Å². The lowest BCUT2D eigenvalue weighted by Crippen LogP contribution is -2.34. The maximum absolute atomic E-state index is 11.0. The van der Waals surface area contributed by atoms with Gasteiger partial charge in [0.15, 0.2) is 0 Å².